The van der Waals surface area contributed by atoms with Crippen LogP contribution in [0.2, 0.25) is 0 Å². The number of sulfonamides is 1. The van der Waals surface area contributed by atoms with Crippen LogP contribution in [-0.2, 0) is 20.2 Å². The predicted octanol–water partition coefficient (Wildman–Crippen LogP) is 1.52. The molecule has 0 atom stereocenters. The van der Waals surface area contributed by atoms with Crippen molar-refractivity contribution in [1.29, 1.82) is 0 Å². The molecule has 2 rings (SSSR count). The SMILES string of the molecule is CN(C1CCC1)S(=O)(=O)c1ccc(S(=O)(=O)F)cc1. The van der Waals surface area contributed by atoms with E-state index in [-0.39, 0.29) is 10.9 Å². The third-order valence-corrected chi connectivity index (χ3v) is 6.13. The Bertz CT molecular complexity index is 663. The third kappa shape index (κ3) is 2.80. The monoisotopic (exact) mass is 307 g/mol. The molecule has 0 bridgehead atoms. The van der Waals surface area contributed by atoms with Crippen LogP contribution in [0.15, 0.2) is 34.1 Å². The van der Waals surface area contributed by atoms with Crippen LogP contribution in [0.4, 0.5) is 3.89 Å². The molecule has 1 aromatic rings. The molecule has 1 aliphatic rings. The summed E-state index contributed by atoms with van der Waals surface area (Å²) < 4.78 is 59.7. The van der Waals surface area contributed by atoms with E-state index in [1.54, 1.807) is 0 Å². The van der Waals surface area contributed by atoms with Gasteiger partial charge in [-0.05, 0) is 37.1 Å². The van der Waals surface area contributed by atoms with Gasteiger partial charge in [0.2, 0.25) is 10.0 Å². The summed E-state index contributed by atoms with van der Waals surface area (Å²) in [5, 5.41) is 0. The van der Waals surface area contributed by atoms with E-state index in [1.165, 1.54) is 11.4 Å². The number of nitrogens with zero attached hydrogens (tertiary/aromatic N) is 1. The summed E-state index contributed by atoms with van der Waals surface area (Å²) >= 11 is 0. The molecule has 1 aliphatic carbocycles. The van der Waals surface area contributed by atoms with Crippen LogP contribution in [0.3, 0.4) is 0 Å². The van der Waals surface area contributed by atoms with Gasteiger partial charge in [-0.2, -0.15) is 12.7 Å². The Morgan fingerprint density at radius 1 is 1.05 bits per heavy atom. The Balaban J connectivity index is 2.31. The minimum Gasteiger partial charge on any atom is -0.207 e. The molecule has 5 nitrogen and oxygen atoms in total. The molecule has 0 unspecified atom stereocenters. The van der Waals surface area contributed by atoms with Crippen LogP contribution >= 0.6 is 0 Å². The first kappa shape index (κ1) is 14.4. The zero-order chi connectivity index (χ0) is 14.3. The van der Waals surface area contributed by atoms with Crippen molar-refractivity contribution in [2.75, 3.05) is 7.05 Å². The van der Waals surface area contributed by atoms with E-state index in [2.05, 4.69) is 0 Å². The van der Waals surface area contributed by atoms with Crippen molar-refractivity contribution in [3.63, 3.8) is 0 Å². The highest BCUT2D eigenvalue weighted by Crippen LogP contribution is 2.28. The van der Waals surface area contributed by atoms with Crippen molar-refractivity contribution < 1.29 is 20.7 Å². The Labute approximate surface area is 112 Å². The number of rotatable bonds is 4. The highest BCUT2D eigenvalue weighted by molar-refractivity contribution is 7.89. The fourth-order valence-corrected chi connectivity index (χ4v) is 3.76. The van der Waals surface area contributed by atoms with Gasteiger partial charge in [0.25, 0.3) is 0 Å². The van der Waals surface area contributed by atoms with Gasteiger partial charge in [-0.15, -0.1) is 3.89 Å². The molecule has 106 valence electrons. The summed E-state index contributed by atoms with van der Waals surface area (Å²) in [6, 6.07) is 4.12. The maximum atomic E-state index is 12.7. The van der Waals surface area contributed by atoms with E-state index >= 15 is 0 Å². The molecule has 0 aromatic heterocycles. The lowest BCUT2D eigenvalue weighted by Crippen LogP contribution is -2.41. The molecule has 1 fully saturated rings. The van der Waals surface area contributed by atoms with Crippen LogP contribution in [0.25, 0.3) is 0 Å². The summed E-state index contributed by atoms with van der Waals surface area (Å²) in [5.74, 6) is 0. The second kappa shape index (κ2) is 4.84. The van der Waals surface area contributed by atoms with Crippen molar-refractivity contribution in [2.45, 2.75) is 35.1 Å². The Hall–Kier alpha value is -0.990. The van der Waals surface area contributed by atoms with Crippen LogP contribution in [0.5, 0.6) is 0 Å². The van der Waals surface area contributed by atoms with Crippen LogP contribution in [-0.4, -0.2) is 34.2 Å². The predicted molar refractivity (Wildman–Crippen MR) is 67.3 cm³/mol. The first-order valence-corrected chi connectivity index (χ1v) is 8.58. The average molecular weight is 307 g/mol. The molecule has 0 radical (unpaired) electrons. The molecular weight excluding hydrogens is 293 g/mol. The van der Waals surface area contributed by atoms with E-state index < -0.39 is 25.1 Å². The van der Waals surface area contributed by atoms with Crippen molar-refractivity contribution in [3.8, 4) is 0 Å². The van der Waals surface area contributed by atoms with E-state index in [4.69, 9.17) is 0 Å². The Kier molecular flexibility index (Phi) is 3.67. The molecule has 0 N–H and O–H groups in total. The summed E-state index contributed by atoms with van der Waals surface area (Å²) in [6.07, 6.45) is 2.66. The Morgan fingerprint density at radius 3 is 1.89 bits per heavy atom. The lowest BCUT2D eigenvalue weighted by atomic mass is 9.94. The second-order valence-corrected chi connectivity index (χ2v) is 7.86. The summed E-state index contributed by atoms with van der Waals surface area (Å²) in [6.45, 7) is 0. The highest BCUT2D eigenvalue weighted by atomic mass is 32.3. The van der Waals surface area contributed by atoms with Gasteiger partial charge in [0.1, 0.15) is 0 Å². The molecule has 0 heterocycles. The zero-order valence-electron chi connectivity index (χ0n) is 10.3. The molecule has 0 aliphatic heterocycles. The lowest BCUT2D eigenvalue weighted by Gasteiger charge is -2.33. The molecule has 0 amide bonds. The maximum Gasteiger partial charge on any atom is 0.332 e. The molecule has 1 saturated carbocycles. The van der Waals surface area contributed by atoms with Gasteiger partial charge in [0.05, 0.1) is 9.79 Å². The smallest absolute Gasteiger partial charge is 0.207 e. The topological polar surface area (TPSA) is 71.5 Å². The fourth-order valence-electron chi connectivity index (χ4n) is 1.89. The standard InChI is InChI=1S/C11H14FNO4S2/c1-13(9-3-2-4-9)19(16,17)11-7-5-10(6-8-11)18(12,14)15/h5-9H,2-4H2,1H3. The van der Waals surface area contributed by atoms with Gasteiger partial charge in [-0.1, -0.05) is 6.42 Å². The Morgan fingerprint density at radius 2 is 1.53 bits per heavy atom. The van der Waals surface area contributed by atoms with Crippen LogP contribution in [0.1, 0.15) is 19.3 Å². The maximum absolute atomic E-state index is 12.7. The average Bonchev–Trinajstić information content (AvgIpc) is 2.25. The van der Waals surface area contributed by atoms with Crippen LogP contribution in [0, 0.1) is 0 Å². The third-order valence-electron chi connectivity index (χ3n) is 3.37. The fraction of sp³-hybridized carbons (Fsp3) is 0.455. The van der Waals surface area contributed by atoms with Crippen molar-refractivity contribution in [2.24, 2.45) is 0 Å². The molecule has 0 saturated heterocycles. The van der Waals surface area contributed by atoms with Gasteiger partial charge in [0.15, 0.2) is 0 Å². The van der Waals surface area contributed by atoms with Crippen molar-refractivity contribution in [3.05, 3.63) is 24.3 Å². The molecular formula is C11H14FNO4S2. The van der Waals surface area contributed by atoms with Gasteiger partial charge in [-0.25, -0.2) is 8.42 Å². The van der Waals surface area contributed by atoms with E-state index in [9.17, 15) is 20.7 Å². The quantitative estimate of drug-likeness (QED) is 0.791. The van der Waals surface area contributed by atoms with Crippen LogP contribution < -0.4 is 0 Å². The van der Waals surface area contributed by atoms with E-state index in [1.807, 2.05) is 0 Å². The molecule has 1 aromatic carbocycles. The summed E-state index contributed by atoms with van der Waals surface area (Å²) in [7, 11) is -6.95. The minimum absolute atomic E-state index is 0.00501. The molecule has 19 heavy (non-hydrogen) atoms. The molecule has 0 spiro atoms. The van der Waals surface area contributed by atoms with Crippen molar-refractivity contribution >= 4 is 20.2 Å². The normalized spacial score (nSPS) is 17.4. The number of hydrogen-bond donors (Lipinski definition) is 0. The highest BCUT2D eigenvalue weighted by Gasteiger charge is 2.31. The van der Waals surface area contributed by atoms with Gasteiger partial charge < -0.3 is 0 Å². The van der Waals surface area contributed by atoms with E-state index in [0.29, 0.717) is 0 Å². The largest absolute Gasteiger partial charge is 0.332 e. The summed E-state index contributed by atoms with van der Waals surface area (Å²) in [4.78, 5) is -0.577. The molecule has 8 heteroatoms. The van der Waals surface area contributed by atoms with Gasteiger partial charge in [-0.3, -0.25) is 0 Å². The lowest BCUT2D eigenvalue weighted by molar-refractivity contribution is 0.249. The minimum atomic E-state index is -4.80. The number of hydrogen-bond acceptors (Lipinski definition) is 4. The van der Waals surface area contributed by atoms with Crippen molar-refractivity contribution in [1.82, 2.24) is 4.31 Å². The number of benzene rings is 1. The summed E-state index contributed by atoms with van der Waals surface area (Å²) in [5.41, 5.74) is 0. The first-order chi connectivity index (χ1) is 8.73. The van der Waals surface area contributed by atoms with E-state index in [0.717, 1.165) is 43.5 Å². The second-order valence-electron chi connectivity index (χ2n) is 4.52. The first-order valence-electron chi connectivity index (χ1n) is 5.76. The van der Waals surface area contributed by atoms with Gasteiger partial charge in [0, 0.05) is 13.1 Å². The van der Waals surface area contributed by atoms with Gasteiger partial charge >= 0.3 is 10.2 Å². The number of halogens is 1. The zero-order valence-corrected chi connectivity index (χ0v) is 11.9.